The molecule has 26 heavy (non-hydrogen) atoms. The average molecular weight is 369 g/mol. The highest BCUT2D eigenvalue weighted by molar-refractivity contribution is 7.15. The van der Waals surface area contributed by atoms with Gasteiger partial charge in [0.05, 0.1) is 7.11 Å². The molecule has 1 fully saturated rings. The van der Waals surface area contributed by atoms with Crippen LogP contribution in [0.4, 0.5) is 5.00 Å². The number of anilines is 1. The molecule has 0 unspecified atom stereocenters. The van der Waals surface area contributed by atoms with Gasteiger partial charge < -0.3 is 10.1 Å². The summed E-state index contributed by atoms with van der Waals surface area (Å²) in [5.74, 6) is -0.307. The van der Waals surface area contributed by atoms with Crippen LogP contribution in [0.25, 0.3) is 11.1 Å². The highest BCUT2D eigenvalue weighted by Gasteiger charge is 2.28. The van der Waals surface area contributed by atoms with Gasteiger partial charge >= 0.3 is 5.97 Å². The summed E-state index contributed by atoms with van der Waals surface area (Å²) < 4.78 is 5.01. The van der Waals surface area contributed by atoms with Gasteiger partial charge in [-0.15, -0.1) is 11.3 Å². The molecule has 4 rings (SSSR count). The van der Waals surface area contributed by atoms with E-state index in [1.165, 1.54) is 42.4 Å². The normalized spacial score (nSPS) is 16.5. The third-order valence-electron chi connectivity index (χ3n) is 5.55. The summed E-state index contributed by atoms with van der Waals surface area (Å²) in [4.78, 5) is 24.8. The Morgan fingerprint density at radius 3 is 2.58 bits per heavy atom. The Labute approximate surface area is 157 Å². The summed E-state index contributed by atoms with van der Waals surface area (Å²) in [6, 6.07) is 6.45. The van der Waals surface area contributed by atoms with E-state index in [0.29, 0.717) is 10.6 Å². The Kier molecular flexibility index (Phi) is 4.81. The van der Waals surface area contributed by atoms with Crippen LogP contribution in [0.3, 0.4) is 0 Å². The molecular formula is C21H23NO3S. The van der Waals surface area contributed by atoms with Crippen molar-refractivity contribution >= 4 is 28.2 Å². The number of ether oxygens (including phenoxy) is 1. The van der Waals surface area contributed by atoms with Crippen LogP contribution in [0.1, 0.15) is 53.6 Å². The number of thiophene rings is 1. The number of methoxy groups -OCH3 is 1. The molecule has 5 heteroatoms. The predicted molar refractivity (Wildman–Crippen MR) is 104 cm³/mol. The lowest BCUT2D eigenvalue weighted by atomic mass is 9.85. The Morgan fingerprint density at radius 1 is 1.12 bits per heavy atom. The highest BCUT2D eigenvalue weighted by atomic mass is 32.1. The zero-order chi connectivity index (χ0) is 18.1. The Morgan fingerprint density at radius 2 is 1.88 bits per heavy atom. The summed E-state index contributed by atoms with van der Waals surface area (Å²) in [5.41, 5.74) is 5.12. The third kappa shape index (κ3) is 3.16. The van der Waals surface area contributed by atoms with Crippen LogP contribution in [-0.2, 0) is 22.4 Å². The topological polar surface area (TPSA) is 55.4 Å². The van der Waals surface area contributed by atoms with Gasteiger partial charge in [-0.2, -0.15) is 0 Å². The van der Waals surface area contributed by atoms with E-state index < -0.39 is 5.97 Å². The molecule has 2 aliphatic carbocycles. The van der Waals surface area contributed by atoms with Crippen molar-refractivity contribution in [1.82, 2.24) is 0 Å². The minimum absolute atomic E-state index is 0.0141. The summed E-state index contributed by atoms with van der Waals surface area (Å²) in [7, 11) is 1.38. The van der Waals surface area contributed by atoms with Crippen molar-refractivity contribution in [2.75, 3.05) is 12.4 Å². The second-order valence-electron chi connectivity index (χ2n) is 7.15. The van der Waals surface area contributed by atoms with Crippen LogP contribution < -0.4 is 5.32 Å². The SMILES string of the molecule is COC(=O)c1c(-c2ccc3c(c2)CCCC3)csc1NC(=O)C1CCC1. The molecule has 136 valence electrons. The molecule has 1 saturated carbocycles. The maximum Gasteiger partial charge on any atom is 0.341 e. The first kappa shape index (κ1) is 17.3. The van der Waals surface area contributed by atoms with Crippen molar-refractivity contribution in [3.63, 3.8) is 0 Å². The maximum atomic E-state index is 12.4. The van der Waals surface area contributed by atoms with E-state index in [1.807, 2.05) is 5.38 Å². The summed E-state index contributed by atoms with van der Waals surface area (Å²) >= 11 is 1.40. The molecule has 1 heterocycles. The average Bonchev–Trinajstić information content (AvgIpc) is 3.02. The van der Waals surface area contributed by atoms with Gasteiger partial charge in [-0.1, -0.05) is 24.6 Å². The van der Waals surface area contributed by atoms with Gasteiger partial charge in [-0.05, 0) is 55.2 Å². The Balaban J connectivity index is 1.69. The lowest BCUT2D eigenvalue weighted by Crippen LogP contribution is -2.28. The lowest BCUT2D eigenvalue weighted by molar-refractivity contribution is -0.122. The molecule has 0 atom stereocenters. The fourth-order valence-corrected chi connectivity index (χ4v) is 4.71. The van der Waals surface area contributed by atoms with Crippen LogP contribution in [-0.4, -0.2) is 19.0 Å². The lowest BCUT2D eigenvalue weighted by Gasteiger charge is -2.23. The van der Waals surface area contributed by atoms with Crippen LogP contribution >= 0.6 is 11.3 Å². The third-order valence-corrected chi connectivity index (χ3v) is 6.45. The molecular weight excluding hydrogens is 346 g/mol. The molecule has 2 aliphatic rings. The van der Waals surface area contributed by atoms with E-state index in [-0.39, 0.29) is 11.8 Å². The second-order valence-corrected chi connectivity index (χ2v) is 8.03. The van der Waals surface area contributed by atoms with E-state index in [4.69, 9.17) is 4.74 Å². The van der Waals surface area contributed by atoms with Crippen LogP contribution in [0, 0.1) is 5.92 Å². The van der Waals surface area contributed by atoms with Crippen LogP contribution in [0.15, 0.2) is 23.6 Å². The second kappa shape index (κ2) is 7.23. The zero-order valence-corrected chi connectivity index (χ0v) is 15.8. The molecule has 1 aromatic heterocycles. The van der Waals surface area contributed by atoms with Crippen molar-refractivity contribution < 1.29 is 14.3 Å². The van der Waals surface area contributed by atoms with Gasteiger partial charge in [0.2, 0.25) is 5.91 Å². The summed E-state index contributed by atoms with van der Waals surface area (Å²) in [6.07, 6.45) is 7.65. The van der Waals surface area contributed by atoms with Gasteiger partial charge in [0.15, 0.2) is 0 Å². The van der Waals surface area contributed by atoms with Crippen LogP contribution in [0.5, 0.6) is 0 Å². The number of benzene rings is 1. The monoisotopic (exact) mass is 369 g/mol. The van der Waals surface area contributed by atoms with E-state index in [0.717, 1.165) is 43.2 Å². The molecule has 0 saturated heterocycles. The number of nitrogens with one attached hydrogen (secondary N) is 1. The number of fused-ring (bicyclic) bond motifs is 1. The van der Waals surface area contributed by atoms with E-state index >= 15 is 0 Å². The zero-order valence-electron chi connectivity index (χ0n) is 15.0. The van der Waals surface area contributed by atoms with E-state index in [2.05, 4.69) is 23.5 Å². The van der Waals surface area contributed by atoms with Crippen molar-refractivity contribution in [3.8, 4) is 11.1 Å². The Hall–Kier alpha value is -2.14. The molecule has 0 bridgehead atoms. The minimum Gasteiger partial charge on any atom is -0.465 e. The first-order chi connectivity index (χ1) is 12.7. The highest BCUT2D eigenvalue weighted by Crippen LogP contribution is 2.38. The first-order valence-electron chi connectivity index (χ1n) is 9.30. The molecule has 4 nitrogen and oxygen atoms in total. The fraction of sp³-hybridized carbons (Fsp3) is 0.429. The van der Waals surface area contributed by atoms with Crippen molar-refractivity contribution in [3.05, 3.63) is 40.3 Å². The fourth-order valence-electron chi connectivity index (χ4n) is 3.75. The van der Waals surface area contributed by atoms with Gasteiger partial charge in [-0.3, -0.25) is 4.79 Å². The van der Waals surface area contributed by atoms with Gasteiger partial charge in [0, 0.05) is 16.9 Å². The van der Waals surface area contributed by atoms with Crippen molar-refractivity contribution in [2.45, 2.75) is 44.9 Å². The molecule has 1 aromatic carbocycles. The van der Waals surface area contributed by atoms with Gasteiger partial charge in [-0.25, -0.2) is 4.79 Å². The van der Waals surface area contributed by atoms with E-state index in [1.54, 1.807) is 0 Å². The largest absolute Gasteiger partial charge is 0.465 e. The number of esters is 1. The molecule has 0 spiro atoms. The molecule has 2 aromatic rings. The van der Waals surface area contributed by atoms with Crippen molar-refractivity contribution in [1.29, 1.82) is 0 Å². The maximum absolute atomic E-state index is 12.4. The molecule has 1 amide bonds. The quantitative estimate of drug-likeness (QED) is 0.786. The first-order valence-corrected chi connectivity index (χ1v) is 10.2. The number of amides is 1. The van der Waals surface area contributed by atoms with Crippen molar-refractivity contribution in [2.24, 2.45) is 5.92 Å². The van der Waals surface area contributed by atoms with Gasteiger partial charge in [0.1, 0.15) is 10.6 Å². The number of hydrogen-bond acceptors (Lipinski definition) is 4. The number of hydrogen-bond donors (Lipinski definition) is 1. The smallest absolute Gasteiger partial charge is 0.341 e. The molecule has 0 radical (unpaired) electrons. The van der Waals surface area contributed by atoms with Crippen LogP contribution in [0.2, 0.25) is 0 Å². The number of carbonyl (C=O) groups excluding carboxylic acids is 2. The number of carbonyl (C=O) groups is 2. The van der Waals surface area contributed by atoms with Gasteiger partial charge in [0.25, 0.3) is 0 Å². The number of aryl methyl sites for hydroxylation is 2. The summed E-state index contributed by atoms with van der Waals surface area (Å²) in [5, 5.41) is 5.51. The summed E-state index contributed by atoms with van der Waals surface area (Å²) in [6.45, 7) is 0. The molecule has 1 N–H and O–H groups in total. The standard InChI is InChI=1S/C21H23NO3S/c1-25-21(24)18-17(12-26-20(18)22-19(23)14-7-4-8-14)16-10-9-13-5-2-3-6-15(13)11-16/h9-12,14H,2-8H2,1H3,(H,22,23). The van der Waals surface area contributed by atoms with E-state index in [9.17, 15) is 9.59 Å². The minimum atomic E-state index is -0.400. The number of rotatable bonds is 4. The Bertz CT molecular complexity index is 851. The molecule has 0 aliphatic heterocycles. The predicted octanol–water partition coefficient (Wildman–Crippen LogP) is 4.82.